The van der Waals surface area contributed by atoms with Gasteiger partial charge < -0.3 is 14.3 Å². The molecule has 29 heavy (non-hydrogen) atoms. The summed E-state index contributed by atoms with van der Waals surface area (Å²) in [6.45, 7) is 2.16. The first-order valence-electron chi connectivity index (χ1n) is 9.08. The Kier molecular flexibility index (Phi) is 5.23. The van der Waals surface area contributed by atoms with E-state index in [4.69, 9.17) is 16.0 Å². The first kappa shape index (κ1) is 19.0. The lowest BCUT2D eigenvalue weighted by molar-refractivity contribution is 0.0947. The van der Waals surface area contributed by atoms with E-state index in [-0.39, 0.29) is 11.7 Å². The maximum Gasteiger partial charge on any atom is 0.253 e. The van der Waals surface area contributed by atoms with Crippen molar-refractivity contribution in [1.29, 1.82) is 0 Å². The normalized spacial score (nSPS) is 10.9. The lowest BCUT2D eigenvalue weighted by atomic mass is 10.1. The van der Waals surface area contributed by atoms with Crippen LogP contribution in [0.15, 0.2) is 77.4 Å². The largest absolute Gasteiger partial charge is 0.467 e. The summed E-state index contributed by atoms with van der Waals surface area (Å²) in [6, 6.07) is 19.0. The number of amides is 1. The molecule has 2 aromatic carbocycles. The molecule has 0 saturated heterocycles. The zero-order valence-corrected chi connectivity index (χ0v) is 16.4. The topological polar surface area (TPSA) is 47.2 Å². The van der Waals surface area contributed by atoms with Crippen LogP contribution in [-0.4, -0.2) is 10.5 Å². The van der Waals surface area contributed by atoms with Crippen molar-refractivity contribution >= 4 is 17.5 Å². The van der Waals surface area contributed by atoms with E-state index in [1.54, 1.807) is 42.7 Å². The van der Waals surface area contributed by atoms with Crippen molar-refractivity contribution in [2.45, 2.75) is 13.5 Å². The number of rotatable bonds is 5. The van der Waals surface area contributed by atoms with Crippen molar-refractivity contribution in [1.82, 2.24) is 9.88 Å². The predicted octanol–water partition coefficient (Wildman–Crippen LogP) is 5.77. The van der Waals surface area contributed by atoms with E-state index in [0.717, 1.165) is 22.6 Å². The molecule has 146 valence electrons. The molecule has 1 N–H and O–H groups in total. The van der Waals surface area contributed by atoms with Gasteiger partial charge in [0.15, 0.2) is 0 Å². The molecule has 0 aliphatic rings. The standard InChI is InChI=1S/C23H18ClFN2O2/c1-15-21(23(28)26-14-20-3-2-12-29-20)13-22(16-4-6-17(24)7-5-16)27(15)19-10-8-18(25)9-11-19/h2-13H,14H2,1H3,(H,26,28). The maximum atomic E-state index is 13.4. The van der Waals surface area contributed by atoms with Gasteiger partial charge in [0.1, 0.15) is 11.6 Å². The fourth-order valence-electron chi connectivity index (χ4n) is 3.27. The summed E-state index contributed by atoms with van der Waals surface area (Å²) in [5.74, 6) is 0.143. The first-order chi connectivity index (χ1) is 14.0. The number of benzene rings is 2. The Bertz CT molecular complexity index is 1130. The fraction of sp³-hybridized carbons (Fsp3) is 0.0870. The predicted molar refractivity (Wildman–Crippen MR) is 111 cm³/mol. The highest BCUT2D eigenvalue weighted by Crippen LogP contribution is 2.30. The SMILES string of the molecule is Cc1c(C(=O)NCc2ccco2)cc(-c2ccc(Cl)cc2)n1-c1ccc(F)cc1. The van der Waals surface area contributed by atoms with Gasteiger partial charge in [0.2, 0.25) is 0 Å². The van der Waals surface area contributed by atoms with Crippen LogP contribution in [-0.2, 0) is 6.54 Å². The van der Waals surface area contributed by atoms with Crippen molar-refractivity contribution in [3.05, 3.63) is 101 Å². The van der Waals surface area contributed by atoms with Crippen molar-refractivity contribution in [2.24, 2.45) is 0 Å². The van der Waals surface area contributed by atoms with Gasteiger partial charge in [0.25, 0.3) is 5.91 Å². The summed E-state index contributed by atoms with van der Waals surface area (Å²) in [7, 11) is 0. The fourth-order valence-corrected chi connectivity index (χ4v) is 3.39. The molecule has 0 fully saturated rings. The van der Waals surface area contributed by atoms with Gasteiger partial charge in [-0.15, -0.1) is 0 Å². The molecule has 0 atom stereocenters. The van der Waals surface area contributed by atoms with Gasteiger partial charge in [-0.05, 0) is 67.1 Å². The minimum absolute atomic E-state index is 0.213. The maximum absolute atomic E-state index is 13.4. The average Bonchev–Trinajstić information content (AvgIpc) is 3.35. The molecular formula is C23H18ClFN2O2. The van der Waals surface area contributed by atoms with E-state index >= 15 is 0 Å². The Morgan fingerprint density at radius 3 is 2.48 bits per heavy atom. The molecule has 6 heteroatoms. The van der Waals surface area contributed by atoms with E-state index in [9.17, 15) is 9.18 Å². The monoisotopic (exact) mass is 408 g/mol. The average molecular weight is 409 g/mol. The Morgan fingerprint density at radius 1 is 1.10 bits per heavy atom. The van der Waals surface area contributed by atoms with Crippen molar-refractivity contribution < 1.29 is 13.6 Å². The number of hydrogen-bond donors (Lipinski definition) is 1. The van der Waals surface area contributed by atoms with E-state index in [0.29, 0.717) is 22.9 Å². The number of aromatic nitrogens is 1. The third kappa shape index (κ3) is 3.96. The van der Waals surface area contributed by atoms with Crippen LogP contribution in [0.1, 0.15) is 21.8 Å². The first-order valence-corrected chi connectivity index (χ1v) is 9.45. The summed E-state index contributed by atoms with van der Waals surface area (Å²) in [5.41, 5.74) is 3.75. The van der Waals surface area contributed by atoms with Gasteiger partial charge in [0, 0.05) is 16.4 Å². The van der Waals surface area contributed by atoms with Crippen molar-refractivity contribution in [3.63, 3.8) is 0 Å². The molecule has 2 aromatic heterocycles. The molecule has 4 rings (SSSR count). The van der Waals surface area contributed by atoms with Crippen LogP contribution in [0.2, 0.25) is 5.02 Å². The van der Waals surface area contributed by atoms with Crippen LogP contribution in [0.25, 0.3) is 16.9 Å². The van der Waals surface area contributed by atoms with Crippen molar-refractivity contribution in [3.8, 4) is 16.9 Å². The summed E-state index contributed by atoms with van der Waals surface area (Å²) in [4.78, 5) is 12.8. The van der Waals surface area contributed by atoms with Crippen LogP contribution in [0, 0.1) is 12.7 Å². The molecule has 1 amide bonds. The van der Waals surface area contributed by atoms with E-state index < -0.39 is 0 Å². The Labute approximate surface area is 172 Å². The highest BCUT2D eigenvalue weighted by molar-refractivity contribution is 6.30. The minimum atomic E-state index is -0.317. The minimum Gasteiger partial charge on any atom is -0.467 e. The van der Waals surface area contributed by atoms with Crippen LogP contribution >= 0.6 is 11.6 Å². The molecule has 0 aliphatic carbocycles. The highest BCUT2D eigenvalue weighted by Gasteiger charge is 2.20. The summed E-state index contributed by atoms with van der Waals surface area (Å²) in [5, 5.41) is 3.50. The molecule has 0 radical (unpaired) electrons. The number of carbonyl (C=O) groups excluding carboxylic acids is 1. The Morgan fingerprint density at radius 2 is 1.83 bits per heavy atom. The number of halogens is 2. The highest BCUT2D eigenvalue weighted by atomic mass is 35.5. The zero-order chi connectivity index (χ0) is 20.4. The Balaban J connectivity index is 1.76. The molecule has 2 heterocycles. The van der Waals surface area contributed by atoms with E-state index in [2.05, 4.69) is 5.32 Å². The molecule has 0 unspecified atom stereocenters. The molecule has 0 aliphatic heterocycles. The van der Waals surface area contributed by atoms with Crippen LogP contribution < -0.4 is 5.32 Å². The second kappa shape index (κ2) is 7.97. The molecule has 4 aromatic rings. The Hall–Kier alpha value is -3.31. The van der Waals surface area contributed by atoms with Gasteiger partial charge in [-0.25, -0.2) is 4.39 Å². The molecule has 0 spiro atoms. The third-order valence-electron chi connectivity index (χ3n) is 4.72. The molecular weight excluding hydrogens is 391 g/mol. The number of nitrogens with one attached hydrogen (secondary N) is 1. The van der Waals surface area contributed by atoms with Gasteiger partial charge in [0.05, 0.1) is 24.1 Å². The number of furan rings is 1. The van der Waals surface area contributed by atoms with E-state index in [1.165, 1.54) is 12.1 Å². The summed E-state index contributed by atoms with van der Waals surface area (Å²) in [6.07, 6.45) is 1.57. The second-order valence-electron chi connectivity index (χ2n) is 6.61. The lowest BCUT2D eigenvalue weighted by Crippen LogP contribution is -2.23. The van der Waals surface area contributed by atoms with Gasteiger partial charge in [-0.3, -0.25) is 4.79 Å². The van der Waals surface area contributed by atoms with Crippen molar-refractivity contribution in [2.75, 3.05) is 0 Å². The summed E-state index contributed by atoms with van der Waals surface area (Å²) >= 11 is 6.03. The quantitative estimate of drug-likeness (QED) is 0.455. The van der Waals surface area contributed by atoms with Crippen LogP contribution in [0.4, 0.5) is 4.39 Å². The second-order valence-corrected chi connectivity index (χ2v) is 7.05. The third-order valence-corrected chi connectivity index (χ3v) is 4.97. The lowest BCUT2D eigenvalue weighted by Gasteiger charge is -2.12. The molecule has 4 nitrogen and oxygen atoms in total. The number of nitrogens with zero attached hydrogens (tertiary/aromatic N) is 1. The molecule has 0 saturated carbocycles. The summed E-state index contributed by atoms with van der Waals surface area (Å²) < 4.78 is 20.6. The number of hydrogen-bond acceptors (Lipinski definition) is 2. The van der Waals surface area contributed by atoms with Gasteiger partial charge >= 0.3 is 0 Å². The van der Waals surface area contributed by atoms with Gasteiger partial charge in [-0.1, -0.05) is 23.7 Å². The van der Waals surface area contributed by atoms with E-state index in [1.807, 2.05) is 29.7 Å². The van der Waals surface area contributed by atoms with Crippen LogP contribution in [0.3, 0.4) is 0 Å². The number of carbonyl (C=O) groups is 1. The van der Waals surface area contributed by atoms with Crippen LogP contribution in [0.5, 0.6) is 0 Å². The van der Waals surface area contributed by atoms with Gasteiger partial charge in [-0.2, -0.15) is 0 Å². The molecule has 0 bridgehead atoms. The zero-order valence-electron chi connectivity index (χ0n) is 15.7. The smallest absolute Gasteiger partial charge is 0.253 e.